The molecule has 0 fully saturated rings. The van der Waals surface area contributed by atoms with E-state index in [0.717, 1.165) is 64.2 Å². The molecule has 0 saturated heterocycles. The first kappa shape index (κ1) is 25.6. The number of aliphatic hydroxyl groups excluding tert-OH is 1. The monoisotopic (exact) mass is 406 g/mol. The van der Waals surface area contributed by atoms with Crippen LogP contribution in [0, 0.1) is 0 Å². The van der Waals surface area contributed by atoms with Crippen molar-refractivity contribution in [3.63, 3.8) is 0 Å². The maximum atomic E-state index is 10.5. The Morgan fingerprint density at radius 1 is 0.897 bits per heavy atom. The summed E-state index contributed by atoms with van der Waals surface area (Å²) in [6.45, 7) is 2.83. The summed E-state index contributed by atoms with van der Waals surface area (Å²) in [6.07, 6.45) is 13.7. The van der Waals surface area contributed by atoms with Crippen LogP contribution in [0.2, 0.25) is 0 Å². The summed E-state index contributed by atoms with van der Waals surface area (Å²) in [5, 5.41) is 19.1. The predicted octanol–water partition coefficient (Wildman–Crippen LogP) is 6.50. The van der Waals surface area contributed by atoms with Gasteiger partial charge in [-0.25, -0.2) is 0 Å². The lowest BCUT2D eigenvalue weighted by atomic mass is 10.00. The number of carboxylic acid groups (broad SMARTS) is 1. The van der Waals surface area contributed by atoms with Crippen LogP contribution in [0.3, 0.4) is 0 Å². The van der Waals surface area contributed by atoms with E-state index in [0.29, 0.717) is 6.61 Å². The van der Waals surface area contributed by atoms with E-state index < -0.39 is 5.97 Å². The molecule has 0 aromatic heterocycles. The van der Waals surface area contributed by atoms with E-state index in [1.54, 1.807) is 0 Å². The summed E-state index contributed by atoms with van der Waals surface area (Å²) in [4.78, 5) is 10.5. The lowest BCUT2D eigenvalue weighted by Crippen LogP contribution is -2.21. The minimum atomic E-state index is -0.695. The number of carboxylic acids is 1. The molecule has 0 aliphatic heterocycles. The standard InChI is InChI=1S/C25H42O4/c1-2-3-10-18-24(29-21-22-15-11-9-12-16-22)20-23(26)17-13-7-5-4-6-8-14-19-25(27)28/h9,11-12,15-16,23-24,26H,2-8,10,13-14,17-21H2,1H3,(H,27,28). The maximum Gasteiger partial charge on any atom is 0.303 e. The topological polar surface area (TPSA) is 66.8 Å². The van der Waals surface area contributed by atoms with Gasteiger partial charge in [0.05, 0.1) is 18.8 Å². The molecule has 4 heteroatoms. The number of aliphatic carboxylic acids is 1. The second-order valence-electron chi connectivity index (χ2n) is 8.21. The van der Waals surface area contributed by atoms with Crippen LogP contribution in [0.4, 0.5) is 0 Å². The van der Waals surface area contributed by atoms with E-state index in [9.17, 15) is 9.90 Å². The first-order valence-corrected chi connectivity index (χ1v) is 11.7. The van der Waals surface area contributed by atoms with Crippen LogP contribution in [-0.4, -0.2) is 28.4 Å². The average molecular weight is 407 g/mol. The van der Waals surface area contributed by atoms with Crippen LogP contribution in [-0.2, 0) is 16.1 Å². The SMILES string of the molecule is CCCCCC(CC(O)CCCCCCCCCC(=O)O)OCc1ccccc1. The second-order valence-corrected chi connectivity index (χ2v) is 8.21. The Labute approximate surface area is 177 Å². The van der Waals surface area contributed by atoms with Gasteiger partial charge in [0.15, 0.2) is 0 Å². The number of hydrogen-bond donors (Lipinski definition) is 2. The van der Waals surface area contributed by atoms with Crippen LogP contribution in [0.25, 0.3) is 0 Å². The molecule has 0 aliphatic carbocycles. The fraction of sp³-hybridized carbons (Fsp3) is 0.720. The summed E-state index contributed by atoms with van der Waals surface area (Å²) in [5.41, 5.74) is 1.19. The number of ether oxygens (including phenoxy) is 1. The van der Waals surface area contributed by atoms with Crippen LogP contribution in [0.15, 0.2) is 30.3 Å². The van der Waals surface area contributed by atoms with Gasteiger partial charge in [-0.1, -0.05) is 95.0 Å². The van der Waals surface area contributed by atoms with Crippen molar-refractivity contribution in [2.24, 2.45) is 0 Å². The van der Waals surface area contributed by atoms with Gasteiger partial charge in [0.1, 0.15) is 0 Å². The largest absolute Gasteiger partial charge is 0.481 e. The second kappa shape index (κ2) is 17.5. The van der Waals surface area contributed by atoms with E-state index in [1.807, 2.05) is 18.2 Å². The molecule has 0 bridgehead atoms. The minimum absolute atomic E-state index is 0.131. The highest BCUT2D eigenvalue weighted by Gasteiger charge is 2.15. The third kappa shape index (κ3) is 15.2. The van der Waals surface area contributed by atoms with Crippen LogP contribution in [0.1, 0.15) is 102 Å². The first-order chi connectivity index (χ1) is 14.1. The van der Waals surface area contributed by atoms with Gasteiger partial charge in [0.2, 0.25) is 0 Å². The molecule has 0 amide bonds. The molecule has 1 rings (SSSR count). The number of unbranched alkanes of at least 4 members (excludes halogenated alkanes) is 8. The van der Waals surface area contributed by atoms with Gasteiger partial charge in [-0.05, 0) is 31.2 Å². The zero-order chi connectivity index (χ0) is 21.2. The third-order valence-electron chi connectivity index (χ3n) is 5.42. The normalized spacial score (nSPS) is 13.3. The molecule has 29 heavy (non-hydrogen) atoms. The van der Waals surface area contributed by atoms with Gasteiger partial charge in [0, 0.05) is 6.42 Å². The molecule has 0 spiro atoms. The predicted molar refractivity (Wildman–Crippen MR) is 119 cm³/mol. The van der Waals surface area contributed by atoms with Crippen LogP contribution < -0.4 is 0 Å². The highest BCUT2D eigenvalue weighted by atomic mass is 16.5. The minimum Gasteiger partial charge on any atom is -0.481 e. The van der Waals surface area contributed by atoms with Crippen molar-refractivity contribution in [2.75, 3.05) is 0 Å². The molecule has 1 aromatic carbocycles. The van der Waals surface area contributed by atoms with E-state index in [2.05, 4.69) is 19.1 Å². The van der Waals surface area contributed by atoms with Gasteiger partial charge in [0.25, 0.3) is 0 Å². The molecular weight excluding hydrogens is 364 g/mol. The Kier molecular flexibility index (Phi) is 15.4. The van der Waals surface area contributed by atoms with Crippen molar-refractivity contribution >= 4 is 5.97 Å². The molecule has 0 saturated carbocycles. The summed E-state index contributed by atoms with van der Waals surface area (Å²) in [6, 6.07) is 10.3. The van der Waals surface area contributed by atoms with Crippen molar-refractivity contribution in [3.8, 4) is 0 Å². The number of hydrogen-bond acceptors (Lipinski definition) is 3. The molecule has 2 N–H and O–H groups in total. The van der Waals surface area contributed by atoms with Crippen molar-refractivity contribution in [2.45, 2.75) is 116 Å². The Hall–Kier alpha value is -1.39. The fourth-order valence-electron chi connectivity index (χ4n) is 3.64. The average Bonchev–Trinajstić information content (AvgIpc) is 2.71. The van der Waals surface area contributed by atoms with Gasteiger partial charge < -0.3 is 14.9 Å². The molecule has 0 aliphatic rings. The molecule has 2 atom stereocenters. The van der Waals surface area contributed by atoms with E-state index in [1.165, 1.54) is 24.8 Å². The molecule has 166 valence electrons. The zero-order valence-electron chi connectivity index (χ0n) is 18.4. The summed E-state index contributed by atoms with van der Waals surface area (Å²) >= 11 is 0. The number of carbonyl (C=O) groups is 1. The zero-order valence-corrected chi connectivity index (χ0v) is 18.4. The van der Waals surface area contributed by atoms with Gasteiger partial charge in [-0.3, -0.25) is 4.79 Å². The van der Waals surface area contributed by atoms with Crippen LogP contribution in [0.5, 0.6) is 0 Å². The van der Waals surface area contributed by atoms with E-state index in [-0.39, 0.29) is 18.6 Å². The first-order valence-electron chi connectivity index (χ1n) is 11.7. The molecule has 0 heterocycles. The number of benzene rings is 1. The molecule has 2 unspecified atom stereocenters. The molecule has 0 radical (unpaired) electrons. The lowest BCUT2D eigenvalue weighted by molar-refractivity contribution is -0.137. The molecule has 4 nitrogen and oxygen atoms in total. The van der Waals surface area contributed by atoms with Gasteiger partial charge in [-0.15, -0.1) is 0 Å². The maximum absolute atomic E-state index is 10.5. The Balaban J connectivity index is 2.16. The summed E-state index contributed by atoms with van der Waals surface area (Å²) < 4.78 is 6.14. The number of rotatable bonds is 19. The van der Waals surface area contributed by atoms with Crippen molar-refractivity contribution < 1.29 is 19.7 Å². The van der Waals surface area contributed by atoms with Crippen molar-refractivity contribution in [3.05, 3.63) is 35.9 Å². The summed E-state index contributed by atoms with van der Waals surface area (Å²) in [5.74, 6) is -0.695. The Morgan fingerprint density at radius 3 is 2.17 bits per heavy atom. The summed E-state index contributed by atoms with van der Waals surface area (Å²) in [7, 11) is 0. The smallest absolute Gasteiger partial charge is 0.303 e. The quantitative estimate of drug-likeness (QED) is 0.257. The van der Waals surface area contributed by atoms with Crippen molar-refractivity contribution in [1.82, 2.24) is 0 Å². The molecule has 1 aromatic rings. The van der Waals surface area contributed by atoms with Crippen molar-refractivity contribution in [1.29, 1.82) is 0 Å². The Morgan fingerprint density at radius 2 is 1.52 bits per heavy atom. The van der Waals surface area contributed by atoms with E-state index >= 15 is 0 Å². The lowest BCUT2D eigenvalue weighted by Gasteiger charge is -2.21. The fourth-order valence-corrected chi connectivity index (χ4v) is 3.64. The van der Waals surface area contributed by atoms with Gasteiger partial charge >= 0.3 is 5.97 Å². The van der Waals surface area contributed by atoms with Crippen LogP contribution >= 0.6 is 0 Å². The van der Waals surface area contributed by atoms with E-state index in [4.69, 9.17) is 9.84 Å². The third-order valence-corrected chi connectivity index (χ3v) is 5.42. The van der Waals surface area contributed by atoms with Gasteiger partial charge in [-0.2, -0.15) is 0 Å². The highest BCUT2D eigenvalue weighted by molar-refractivity contribution is 5.66. The highest BCUT2D eigenvalue weighted by Crippen LogP contribution is 2.18. The molecular formula is C25H42O4. The number of aliphatic hydroxyl groups is 1. The Bertz CT molecular complexity index is 503.